The highest BCUT2D eigenvalue weighted by molar-refractivity contribution is 6.03. The summed E-state index contributed by atoms with van der Waals surface area (Å²) in [6.45, 7) is 1.00. The Kier molecular flexibility index (Phi) is 5.89. The van der Waals surface area contributed by atoms with Crippen molar-refractivity contribution in [2.75, 3.05) is 18.5 Å². The number of rotatable bonds is 7. The summed E-state index contributed by atoms with van der Waals surface area (Å²) >= 11 is 0. The van der Waals surface area contributed by atoms with Gasteiger partial charge in [-0.2, -0.15) is 5.10 Å². The van der Waals surface area contributed by atoms with Gasteiger partial charge in [-0.05, 0) is 43.2 Å². The van der Waals surface area contributed by atoms with E-state index in [1.54, 1.807) is 6.20 Å². The fourth-order valence-electron chi connectivity index (χ4n) is 3.19. The molecular weight excluding hydrogens is 407 g/mol. The number of carbonyl (C=O) groups is 1. The predicted octanol–water partition coefficient (Wildman–Crippen LogP) is 3.73. The van der Waals surface area contributed by atoms with Crippen LogP contribution in [-0.4, -0.2) is 39.9 Å². The number of halogens is 1. The normalized spacial score (nSPS) is 15.6. The molecule has 1 aliphatic heterocycles. The Morgan fingerprint density at radius 1 is 1.29 bits per heavy atom. The Morgan fingerprint density at radius 2 is 2.10 bits per heavy atom. The van der Waals surface area contributed by atoms with Crippen molar-refractivity contribution in [2.24, 2.45) is 0 Å². The topological polar surface area (TPSA) is 109 Å². The fourth-order valence-corrected chi connectivity index (χ4v) is 3.19. The minimum absolute atomic E-state index is 0.0222. The van der Waals surface area contributed by atoms with Gasteiger partial charge in [0.2, 0.25) is 0 Å². The number of ether oxygens (including phenoxy) is 2. The van der Waals surface area contributed by atoms with Crippen molar-refractivity contribution < 1.29 is 23.6 Å². The quantitative estimate of drug-likeness (QED) is 0.456. The first-order valence-corrected chi connectivity index (χ1v) is 9.65. The number of anilines is 1. The van der Waals surface area contributed by atoms with Crippen LogP contribution >= 0.6 is 0 Å². The number of benzene rings is 2. The summed E-state index contributed by atoms with van der Waals surface area (Å²) in [5.74, 6) is -0.732. The number of non-ortho nitro benzene ring substituents is 1. The lowest BCUT2D eigenvalue weighted by Gasteiger charge is -2.15. The van der Waals surface area contributed by atoms with E-state index >= 15 is 0 Å². The van der Waals surface area contributed by atoms with E-state index in [9.17, 15) is 19.3 Å². The maximum atomic E-state index is 13.8. The van der Waals surface area contributed by atoms with E-state index in [1.807, 2.05) is 0 Å². The number of nitro groups is 1. The van der Waals surface area contributed by atoms with Crippen molar-refractivity contribution in [3.63, 3.8) is 0 Å². The van der Waals surface area contributed by atoms with Crippen molar-refractivity contribution in [1.29, 1.82) is 0 Å². The van der Waals surface area contributed by atoms with Crippen LogP contribution in [0.15, 0.2) is 54.7 Å². The molecule has 1 N–H and O–H groups in total. The van der Waals surface area contributed by atoms with Gasteiger partial charge in [0.05, 0.1) is 22.4 Å². The number of nitro benzene ring substituents is 1. The summed E-state index contributed by atoms with van der Waals surface area (Å²) < 4.78 is 26.4. The minimum Gasteiger partial charge on any atom is -0.489 e. The molecule has 4 rings (SSSR count). The molecule has 160 valence electrons. The van der Waals surface area contributed by atoms with E-state index in [-0.39, 0.29) is 23.2 Å². The van der Waals surface area contributed by atoms with Crippen LogP contribution in [0.3, 0.4) is 0 Å². The van der Waals surface area contributed by atoms with Gasteiger partial charge in [-0.1, -0.05) is 0 Å². The maximum Gasteiger partial charge on any atom is 0.276 e. The molecule has 0 saturated carbocycles. The highest BCUT2D eigenvalue weighted by atomic mass is 19.1. The van der Waals surface area contributed by atoms with Crippen LogP contribution in [0.25, 0.3) is 5.69 Å². The standard InChI is InChI=1S/C21H19FN4O5/c22-14-3-8-20(31-13-17-2-1-11-30-17)19(12-14)23-21(27)18-9-10-25(24-18)15-4-6-16(7-5-15)26(28)29/h3-10,12,17H,1-2,11,13H2,(H,23,27). The van der Waals surface area contributed by atoms with Gasteiger partial charge in [-0.15, -0.1) is 0 Å². The van der Waals surface area contributed by atoms with E-state index in [0.29, 0.717) is 24.7 Å². The zero-order chi connectivity index (χ0) is 21.8. The van der Waals surface area contributed by atoms with Gasteiger partial charge in [-0.25, -0.2) is 9.07 Å². The number of hydrogen-bond acceptors (Lipinski definition) is 6. The van der Waals surface area contributed by atoms with E-state index in [2.05, 4.69) is 10.4 Å². The molecule has 10 heteroatoms. The van der Waals surface area contributed by atoms with Gasteiger partial charge in [-0.3, -0.25) is 14.9 Å². The number of carbonyl (C=O) groups excluding carboxylic acids is 1. The van der Waals surface area contributed by atoms with Gasteiger partial charge in [0, 0.05) is 31.0 Å². The Morgan fingerprint density at radius 3 is 2.81 bits per heavy atom. The monoisotopic (exact) mass is 426 g/mol. The molecule has 0 spiro atoms. The van der Waals surface area contributed by atoms with Crippen LogP contribution in [0.4, 0.5) is 15.8 Å². The summed E-state index contributed by atoms with van der Waals surface area (Å²) in [6, 6.07) is 11.1. The van der Waals surface area contributed by atoms with Gasteiger partial charge in [0.1, 0.15) is 18.2 Å². The molecule has 0 bridgehead atoms. The molecule has 1 saturated heterocycles. The third-order valence-corrected chi connectivity index (χ3v) is 4.79. The first-order valence-electron chi connectivity index (χ1n) is 9.65. The van der Waals surface area contributed by atoms with Crippen LogP contribution in [0, 0.1) is 15.9 Å². The molecule has 1 unspecified atom stereocenters. The molecule has 3 aromatic rings. The van der Waals surface area contributed by atoms with E-state index in [1.165, 1.54) is 53.2 Å². The number of nitrogens with one attached hydrogen (secondary N) is 1. The molecule has 2 heterocycles. The lowest BCUT2D eigenvalue weighted by molar-refractivity contribution is -0.384. The lowest BCUT2D eigenvalue weighted by Crippen LogP contribution is -2.18. The molecule has 1 atom stereocenters. The average molecular weight is 426 g/mol. The second kappa shape index (κ2) is 8.92. The van der Waals surface area contributed by atoms with Gasteiger partial charge < -0.3 is 14.8 Å². The molecule has 9 nitrogen and oxygen atoms in total. The molecule has 2 aromatic carbocycles. The number of amides is 1. The van der Waals surface area contributed by atoms with Gasteiger partial charge in [0.25, 0.3) is 11.6 Å². The van der Waals surface area contributed by atoms with Crippen LogP contribution in [-0.2, 0) is 4.74 Å². The molecule has 1 fully saturated rings. The Bertz CT molecular complexity index is 1090. The SMILES string of the molecule is O=C(Nc1cc(F)ccc1OCC1CCCO1)c1ccn(-c2ccc([N+](=O)[O-])cc2)n1. The molecule has 1 aromatic heterocycles. The first-order chi connectivity index (χ1) is 15.0. The van der Waals surface area contributed by atoms with E-state index in [0.717, 1.165) is 12.8 Å². The van der Waals surface area contributed by atoms with E-state index in [4.69, 9.17) is 9.47 Å². The first kappa shape index (κ1) is 20.5. The number of aromatic nitrogens is 2. The summed E-state index contributed by atoms with van der Waals surface area (Å²) in [6.07, 6.45) is 3.39. The van der Waals surface area contributed by atoms with Crippen molar-refractivity contribution in [1.82, 2.24) is 9.78 Å². The molecule has 31 heavy (non-hydrogen) atoms. The van der Waals surface area contributed by atoms with Gasteiger partial charge >= 0.3 is 0 Å². The predicted molar refractivity (Wildman–Crippen MR) is 109 cm³/mol. The summed E-state index contributed by atoms with van der Waals surface area (Å²) in [4.78, 5) is 22.9. The largest absolute Gasteiger partial charge is 0.489 e. The van der Waals surface area contributed by atoms with Crippen LogP contribution < -0.4 is 10.1 Å². The molecule has 1 aliphatic rings. The summed E-state index contributed by atoms with van der Waals surface area (Å²) in [7, 11) is 0. The second-order valence-corrected chi connectivity index (χ2v) is 6.96. The fraction of sp³-hybridized carbons (Fsp3) is 0.238. The molecular formula is C21H19FN4O5. The summed E-state index contributed by atoms with van der Waals surface area (Å²) in [5, 5.41) is 17.6. The van der Waals surface area contributed by atoms with Crippen molar-refractivity contribution >= 4 is 17.3 Å². The highest BCUT2D eigenvalue weighted by Gasteiger charge is 2.18. The van der Waals surface area contributed by atoms with E-state index < -0.39 is 16.6 Å². The number of hydrogen-bond donors (Lipinski definition) is 1. The van der Waals surface area contributed by atoms with Crippen LogP contribution in [0.5, 0.6) is 5.75 Å². The zero-order valence-corrected chi connectivity index (χ0v) is 16.4. The van der Waals surface area contributed by atoms with Gasteiger partial charge in [0.15, 0.2) is 5.69 Å². The Labute approximate surface area is 176 Å². The average Bonchev–Trinajstić information content (AvgIpc) is 3.45. The zero-order valence-electron chi connectivity index (χ0n) is 16.4. The maximum absolute atomic E-state index is 13.8. The third kappa shape index (κ3) is 4.86. The molecule has 0 radical (unpaired) electrons. The number of nitrogens with zero attached hydrogens (tertiary/aromatic N) is 3. The van der Waals surface area contributed by atoms with Crippen LogP contribution in [0.2, 0.25) is 0 Å². The highest BCUT2D eigenvalue weighted by Crippen LogP contribution is 2.27. The molecule has 0 aliphatic carbocycles. The minimum atomic E-state index is -0.548. The van der Waals surface area contributed by atoms with Crippen molar-refractivity contribution in [3.8, 4) is 11.4 Å². The second-order valence-electron chi connectivity index (χ2n) is 6.96. The Balaban J connectivity index is 1.47. The summed E-state index contributed by atoms with van der Waals surface area (Å²) in [5.41, 5.74) is 0.784. The molecule has 1 amide bonds. The smallest absolute Gasteiger partial charge is 0.276 e. The van der Waals surface area contributed by atoms with Crippen LogP contribution in [0.1, 0.15) is 23.3 Å². The van der Waals surface area contributed by atoms with Crippen molar-refractivity contribution in [3.05, 3.63) is 76.4 Å². The lowest BCUT2D eigenvalue weighted by atomic mass is 10.2. The Hall–Kier alpha value is -3.79. The third-order valence-electron chi connectivity index (χ3n) is 4.79. The van der Waals surface area contributed by atoms with Crippen molar-refractivity contribution in [2.45, 2.75) is 18.9 Å².